The molecule has 0 aromatic heterocycles. The molecule has 0 unspecified atom stereocenters. The summed E-state index contributed by atoms with van der Waals surface area (Å²) in [6.45, 7) is 4.22. The minimum absolute atomic E-state index is 0.0724. The van der Waals surface area contributed by atoms with Crippen LogP contribution in [-0.4, -0.2) is 36.1 Å². The van der Waals surface area contributed by atoms with Gasteiger partial charge in [-0.15, -0.1) is 0 Å². The van der Waals surface area contributed by atoms with Gasteiger partial charge in [0.05, 0.1) is 24.7 Å². The van der Waals surface area contributed by atoms with Crippen molar-refractivity contribution in [3.05, 3.63) is 52.5 Å². The summed E-state index contributed by atoms with van der Waals surface area (Å²) >= 11 is 6.01. The van der Waals surface area contributed by atoms with Crippen molar-refractivity contribution >= 4 is 17.6 Å². The van der Waals surface area contributed by atoms with Crippen LogP contribution >= 0.6 is 11.6 Å². The summed E-state index contributed by atoms with van der Waals surface area (Å²) in [6, 6.07) is 9.21. The fraction of sp³-hybridized carbons (Fsp3) is 0.435. The Morgan fingerprint density at radius 3 is 2.53 bits per heavy atom. The highest BCUT2D eigenvalue weighted by Gasteiger charge is 2.49. The topological polar surface area (TPSA) is 65.0 Å². The second-order valence-corrected chi connectivity index (χ2v) is 8.41. The third-order valence-corrected chi connectivity index (χ3v) is 5.58. The third kappa shape index (κ3) is 5.59. The lowest BCUT2D eigenvalue weighted by atomic mass is 9.86. The second-order valence-electron chi connectivity index (χ2n) is 8.00. The Hall–Kier alpha value is -2.61. The molecule has 0 saturated heterocycles. The quantitative estimate of drug-likeness (QED) is 0.474. The van der Waals surface area contributed by atoms with Crippen LogP contribution in [0.1, 0.15) is 31.4 Å². The highest BCUT2D eigenvalue weighted by atomic mass is 35.5. The molecule has 1 heterocycles. The van der Waals surface area contributed by atoms with E-state index in [2.05, 4.69) is 0 Å². The molecule has 0 bridgehead atoms. The zero-order valence-corrected chi connectivity index (χ0v) is 18.4. The van der Waals surface area contributed by atoms with Crippen molar-refractivity contribution in [1.29, 1.82) is 0 Å². The predicted octanol–water partition coefficient (Wildman–Crippen LogP) is 5.71. The largest absolute Gasteiger partial charge is 0.493 e. The molecule has 0 radical (unpaired) electrons. The van der Waals surface area contributed by atoms with E-state index in [0.29, 0.717) is 30.3 Å². The molecule has 1 N–H and O–H groups in total. The number of carbonyl (C=O) groups is 1. The first-order valence-electron chi connectivity index (χ1n) is 10.2. The van der Waals surface area contributed by atoms with E-state index in [0.717, 1.165) is 5.56 Å². The van der Waals surface area contributed by atoms with E-state index in [1.165, 1.54) is 18.2 Å². The Labute approximate surface area is 189 Å². The highest BCUT2D eigenvalue weighted by molar-refractivity contribution is 6.32. The smallest absolute Gasteiger partial charge is 0.393 e. The van der Waals surface area contributed by atoms with Crippen LogP contribution in [0.5, 0.6) is 17.2 Å². The van der Waals surface area contributed by atoms with Crippen molar-refractivity contribution < 1.29 is 37.3 Å². The fourth-order valence-corrected chi connectivity index (χ4v) is 3.78. The Bertz CT molecular complexity index is 977. The van der Waals surface area contributed by atoms with Gasteiger partial charge in [0.1, 0.15) is 17.2 Å². The van der Waals surface area contributed by atoms with Crippen molar-refractivity contribution in [2.45, 2.75) is 44.9 Å². The maximum atomic E-state index is 12.5. The number of alkyl halides is 3. The van der Waals surface area contributed by atoms with Gasteiger partial charge in [-0.1, -0.05) is 31.5 Å². The van der Waals surface area contributed by atoms with Gasteiger partial charge in [-0.3, -0.25) is 0 Å². The first-order chi connectivity index (χ1) is 15.0. The summed E-state index contributed by atoms with van der Waals surface area (Å²) in [5.74, 6) is 0.245. The summed E-state index contributed by atoms with van der Waals surface area (Å²) in [5.41, 5.74) is -0.423. The van der Waals surface area contributed by atoms with Gasteiger partial charge in [-0.2, -0.15) is 13.2 Å². The molecule has 1 atom stereocenters. The molecule has 9 heteroatoms. The van der Waals surface area contributed by atoms with Crippen LogP contribution < -0.4 is 14.2 Å². The van der Waals surface area contributed by atoms with Gasteiger partial charge in [0.2, 0.25) is 5.60 Å². The standard InChI is InChI=1S/C23H24ClF3O5/c1-14(2)22(21(28)29)13-16-11-17(5-7-19(16)32-22)30-8-3-9-31-20-6-4-15(10-18(20)24)12-23(25,26)27/h4-7,10-11,14H,3,8-9,12-13H2,1-2H3,(H,28,29)/t22-/m0/s1. The van der Waals surface area contributed by atoms with E-state index >= 15 is 0 Å². The number of halogens is 4. The molecule has 174 valence electrons. The van der Waals surface area contributed by atoms with Gasteiger partial charge < -0.3 is 19.3 Å². The monoisotopic (exact) mass is 472 g/mol. The number of benzene rings is 2. The molecule has 32 heavy (non-hydrogen) atoms. The zero-order valence-electron chi connectivity index (χ0n) is 17.7. The zero-order chi connectivity index (χ0) is 23.5. The van der Waals surface area contributed by atoms with Gasteiger partial charge >= 0.3 is 12.1 Å². The number of aliphatic carboxylic acids is 1. The lowest BCUT2D eigenvalue weighted by molar-refractivity contribution is -0.157. The molecule has 0 amide bonds. The van der Waals surface area contributed by atoms with Crippen LogP contribution in [0.2, 0.25) is 5.02 Å². The van der Waals surface area contributed by atoms with Crippen LogP contribution in [0.25, 0.3) is 0 Å². The van der Waals surface area contributed by atoms with Crippen LogP contribution in [0, 0.1) is 5.92 Å². The molecule has 3 rings (SSSR count). The summed E-state index contributed by atoms with van der Waals surface area (Å²) < 4.78 is 54.4. The third-order valence-electron chi connectivity index (χ3n) is 5.29. The number of hydrogen-bond acceptors (Lipinski definition) is 4. The Morgan fingerprint density at radius 2 is 1.91 bits per heavy atom. The number of rotatable bonds is 9. The first kappa shape index (κ1) is 24.0. The summed E-state index contributed by atoms with van der Waals surface area (Å²) in [4.78, 5) is 11.8. The van der Waals surface area contributed by atoms with Gasteiger partial charge in [-0.05, 0) is 35.9 Å². The minimum atomic E-state index is -4.30. The number of fused-ring (bicyclic) bond motifs is 1. The fourth-order valence-electron chi connectivity index (χ4n) is 3.52. The number of carboxylic acids is 1. The van der Waals surface area contributed by atoms with Crippen molar-refractivity contribution in [3.8, 4) is 17.2 Å². The van der Waals surface area contributed by atoms with Crippen molar-refractivity contribution in [2.75, 3.05) is 13.2 Å². The molecule has 2 aromatic rings. The summed E-state index contributed by atoms with van der Waals surface area (Å²) in [5, 5.41) is 9.75. The van der Waals surface area contributed by atoms with Crippen LogP contribution in [-0.2, 0) is 17.6 Å². The lowest BCUT2D eigenvalue weighted by Gasteiger charge is -2.27. The second kappa shape index (κ2) is 9.48. The van der Waals surface area contributed by atoms with E-state index in [9.17, 15) is 23.1 Å². The Kier molecular flexibility index (Phi) is 7.12. The lowest BCUT2D eigenvalue weighted by Crippen LogP contribution is -2.48. The van der Waals surface area contributed by atoms with Crippen molar-refractivity contribution in [3.63, 3.8) is 0 Å². The average Bonchev–Trinajstić information content (AvgIpc) is 3.08. The number of carboxylic acid groups (broad SMARTS) is 1. The molecule has 0 fully saturated rings. The molecule has 0 spiro atoms. The number of ether oxygens (including phenoxy) is 3. The molecule has 1 aliphatic rings. The van der Waals surface area contributed by atoms with E-state index in [1.807, 2.05) is 13.8 Å². The molecule has 0 aliphatic carbocycles. The van der Waals surface area contributed by atoms with Gasteiger partial charge in [0.25, 0.3) is 0 Å². The van der Waals surface area contributed by atoms with Gasteiger partial charge in [-0.25, -0.2) is 4.79 Å². The SMILES string of the molecule is CC(C)[C@]1(C(=O)O)Cc2cc(OCCCOc3ccc(CC(F)(F)F)cc3Cl)ccc2O1. The normalized spacial score (nSPS) is 17.7. The average molecular weight is 473 g/mol. The maximum absolute atomic E-state index is 12.5. The molecule has 5 nitrogen and oxygen atoms in total. The van der Waals surface area contributed by atoms with Gasteiger partial charge in [0, 0.05) is 24.3 Å². The van der Waals surface area contributed by atoms with Gasteiger partial charge in [0.15, 0.2) is 0 Å². The minimum Gasteiger partial charge on any atom is -0.493 e. The predicted molar refractivity (Wildman–Crippen MR) is 113 cm³/mol. The van der Waals surface area contributed by atoms with E-state index in [1.54, 1.807) is 18.2 Å². The maximum Gasteiger partial charge on any atom is 0.393 e. The van der Waals surface area contributed by atoms with Crippen LogP contribution in [0.4, 0.5) is 13.2 Å². The molecular formula is C23H24ClF3O5. The Balaban J connectivity index is 1.48. The van der Waals surface area contributed by atoms with Crippen LogP contribution in [0.3, 0.4) is 0 Å². The van der Waals surface area contributed by atoms with Crippen molar-refractivity contribution in [1.82, 2.24) is 0 Å². The first-order valence-corrected chi connectivity index (χ1v) is 10.5. The van der Waals surface area contributed by atoms with E-state index < -0.39 is 24.2 Å². The van der Waals surface area contributed by atoms with Crippen LogP contribution in [0.15, 0.2) is 36.4 Å². The molecule has 1 aliphatic heterocycles. The molecule has 0 saturated carbocycles. The summed E-state index contributed by atoms with van der Waals surface area (Å²) in [6.07, 6.45) is -4.56. The molecule has 2 aromatic carbocycles. The highest BCUT2D eigenvalue weighted by Crippen LogP contribution is 2.41. The van der Waals surface area contributed by atoms with Crippen molar-refractivity contribution in [2.24, 2.45) is 5.92 Å². The molecular weight excluding hydrogens is 449 g/mol. The Morgan fingerprint density at radius 1 is 1.19 bits per heavy atom. The van der Waals surface area contributed by atoms with E-state index in [-0.39, 0.29) is 29.5 Å². The van der Waals surface area contributed by atoms with E-state index in [4.69, 9.17) is 25.8 Å². The summed E-state index contributed by atoms with van der Waals surface area (Å²) in [7, 11) is 0. The number of hydrogen-bond donors (Lipinski definition) is 1.